The molecule has 0 aromatic heterocycles. The van der Waals surface area contributed by atoms with Gasteiger partial charge in [0.25, 0.3) is 0 Å². The van der Waals surface area contributed by atoms with Crippen molar-refractivity contribution in [2.45, 2.75) is 44.4 Å². The maximum Gasteiger partial charge on any atom is 0.112 e. The number of benzene rings is 5. The fraction of sp³-hybridized carbons (Fsp3) is 0.174. The molecule has 5 aromatic rings. The van der Waals surface area contributed by atoms with Crippen molar-refractivity contribution >= 4 is 16.3 Å². The normalized spacial score (nSPS) is 21.0. The fourth-order valence-corrected chi connectivity index (χ4v) is 8.47. The van der Waals surface area contributed by atoms with E-state index in [1.165, 1.54) is 49.7 Å². The van der Waals surface area contributed by atoms with Crippen molar-refractivity contribution in [1.29, 1.82) is 0 Å². The van der Waals surface area contributed by atoms with E-state index in [-0.39, 0.29) is 5.41 Å². The zero-order valence-electron chi connectivity index (χ0n) is 27.4. The number of rotatable bonds is 5. The van der Waals surface area contributed by atoms with E-state index < -0.39 is 12.1 Å². The van der Waals surface area contributed by atoms with Crippen molar-refractivity contribution in [2.24, 2.45) is 0 Å². The molecule has 47 heavy (non-hydrogen) atoms. The van der Waals surface area contributed by atoms with Crippen molar-refractivity contribution in [3.63, 3.8) is 0 Å². The summed E-state index contributed by atoms with van der Waals surface area (Å²) in [6.45, 7) is 6.19. The lowest BCUT2D eigenvalue weighted by Gasteiger charge is -2.42. The van der Waals surface area contributed by atoms with Gasteiger partial charge >= 0.3 is 0 Å². The minimum Gasteiger partial charge on any atom is -0.246 e. The smallest absolute Gasteiger partial charge is 0.112 e. The first-order valence-corrected chi connectivity index (χ1v) is 16.8. The molecule has 0 N–H and O–H groups in total. The van der Waals surface area contributed by atoms with Crippen molar-refractivity contribution in [3.05, 3.63) is 185 Å². The quantitative estimate of drug-likeness (QED) is 0.186. The Hall–Kier alpha value is -5.01. The van der Waals surface area contributed by atoms with E-state index in [1.807, 2.05) is 6.92 Å². The first-order valence-electron chi connectivity index (χ1n) is 16.8. The first kappa shape index (κ1) is 29.4. The minimum atomic E-state index is -0.501. The van der Waals surface area contributed by atoms with Crippen LogP contribution < -0.4 is 0 Å². The van der Waals surface area contributed by atoms with E-state index >= 15 is 4.39 Å². The Morgan fingerprint density at radius 1 is 0.702 bits per heavy atom. The average Bonchev–Trinajstić information content (AvgIpc) is 3.32. The van der Waals surface area contributed by atoms with Gasteiger partial charge in [-0.15, -0.1) is 0 Å². The van der Waals surface area contributed by atoms with Gasteiger partial charge in [-0.3, -0.25) is 0 Å². The van der Waals surface area contributed by atoms with E-state index in [9.17, 15) is 0 Å². The number of halogens is 1. The summed E-state index contributed by atoms with van der Waals surface area (Å²) in [5.41, 5.74) is 13.6. The predicted octanol–water partition coefficient (Wildman–Crippen LogP) is 12.3. The van der Waals surface area contributed by atoms with Gasteiger partial charge in [0.15, 0.2) is 0 Å². The summed E-state index contributed by atoms with van der Waals surface area (Å²) in [5, 5.41) is 2.46. The molecule has 1 unspecified atom stereocenters. The highest BCUT2D eigenvalue weighted by Crippen LogP contribution is 2.55. The molecule has 0 heterocycles. The zero-order chi connectivity index (χ0) is 32.2. The summed E-state index contributed by atoms with van der Waals surface area (Å²) in [6.07, 6.45) is 14.5. The molecule has 3 aliphatic rings. The van der Waals surface area contributed by atoms with Gasteiger partial charge in [-0.1, -0.05) is 147 Å². The summed E-state index contributed by atoms with van der Waals surface area (Å²) in [6, 6.07) is 39.7. The van der Waals surface area contributed by atoms with Crippen LogP contribution in [0, 0.1) is 0 Å². The number of hydrogen-bond acceptors (Lipinski definition) is 0. The highest BCUT2D eigenvalue weighted by atomic mass is 19.1. The molecule has 1 atom stereocenters. The molecule has 0 saturated heterocycles. The largest absolute Gasteiger partial charge is 0.246 e. The van der Waals surface area contributed by atoms with Crippen LogP contribution in [0.4, 0.5) is 4.39 Å². The third-order valence-corrected chi connectivity index (χ3v) is 10.8. The Balaban J connectivity index is 1.31. The summed E-state index contributed by atoms with van der Waals surface area (Å²) in [7, 11) is 0. The predicted molar refractivity (Wildman–Crippen MR) is 197 cm³/mol. The molecule has 0 aliphatic heterocycles. The number of hydrogen-bond donors (Lipinski definition) is 0. The molecule has 3 aliphatic carbocycles. The van der Waals surface area contributed by atoms with Gasteiger partial charge < -0.3 is 0 Å². The highest BCUT2D eigenvalue weighted by molar-refractivity contribution is 5.92. The Morgan fingerprint density at radius 3 is 2.32 bits per heavy atom. The molecule has 1 heteroatoms. The molecule has 0 nitrogen and oxygen atoms in total. The third-order valence-electron chi connectivity index (χ3n) is 10.8. The lowest BCUT2D eigenvalue weighted by Crippen LogP contribution is -2.34. The van der Waals surface area contributed by atoms with Crippen LogP contribution in [0.25, 0.3) is 38.6 Å². The molecule has 8 rings (SSSR count). The van der Waals surface area contributed by atoms with Gasteiger partial charge in [0, 0.05) is 10.8 Å². The van der Waals surface area contributed by atoms with Crippen LogP contribution in [0.3, 0.4) is 0 Å². The van der Waals surface area contributed by atoms with Gasteiger partial charge in [-0.2, -0.15) is 0 Å². The van der Waals surface area contributed by atoms with E-state index in [1.54, 1.807) is 0 Å². The highest BCUT2D eigenvalue weighted by Gasteiger charge is 2.44. The Bertz CT molecular complexity index is 2220. The van der Waals surface area contributed by atoms with Crippen molar-refractivity contribution in [3.8, 4) is 22.3 Å². The second-order valence-corrected chi connectivity index (χ2v) is 13.8. The Kier molecular flexibility index (Phi) is 7.10. The monoisotopic (exact) mass is 610 g/mol. The maximum absolute atomic E-state index is 15.9. The Labute approximate surface area is 278 Å². The summed E-state index contributed by atoms with van der Waals surface area (Å²) < 4.78 is 15.9. The van der Waals surface area contributed by atoms with Crippen molar-refractivity contribution in [2.75, 3.05) is 6.67 Å². The van der Waals surface area contributed by atoms with Crippen LogP contribution in [0.15, 0.2) is 162 Å². The topological polar surface area (TPSA) is 0 Å². The average molecular weight is 611 g/mol. The molecule has 0 fully saturated rings. The molecular formula is C46H39F. The van der Waals surface area contributed by atoms with E-state index in [0.29, 0.717) is 0 Å². The summed E-state index contributed by atoms with van der Waals surface area (Å²) in [5.74, 6) is 0. The molecular weight excluding hydrogens is 572 g/mol. The third kappa shape index (κ3) is 4.63. The van der Waals surface area contributed by atoms with Gasteiger partial charge in [-0.05, 0) is 109 Å². The van der Waals surface area contributed by atoms with Gasteiger partial charge in [0.05, 0.1) is 0 Å². The molecule has 0 amide bonds. The Morgan fingerprint density at radius 2 is 1.47 bits per heavy atom. The van der Waals surface area contributed by atoms with E-state index in [4.69, 9.17) is 0 Å². The van der Waals surface area contributed by atoms with Gasteiger partial charge in [0.2, 0.25) is 0 Å². The van der Waals surface area contributed by atoms with Gasteiger partial charge in [-0.25, -0.2) is 4.39 Å². The van der Waals surface area contributed by atoms with Crippen LogP contribution in [0.1, 0.15) is 55.9 Å². The maximum atomic E-state index is 15.9. The standard InChI is InChI=1S/C46H39F/c1-4-13-40-43(30-47)46(37-23-24-39-38-19-9-10-20-41(38)45(2,3)42(39)28-37)25-11-5-6-16-36(29-46)44(40)35-18-12-17-33(27-35)34-22-21-31-14-7-8-15-32(31)26-34/h4-24,26-28H,25,29-30H2,1-3H3/b11-5-,13-4-,16-6-. The minimum absolute atomic E-state index is 0.122. The summed E-state index contributed by atoms with van der Waals surface area (Å²) in [4.78, 5) is 0. The van der Waals surface area contributed by atoms with Crippen LogP contribution in [-0.2, 0) is 10.8 Å². The number of fused-ring (bicyclic) bond motifs is 6. The molecule has 2 bridgehead atoms. The number of alkyl halides is 1. The van der Waals surface area contributed by atoms with Crippen LogP contribution in [0.5, 0.6) is 0 Å². The van der Waals surface area contributed by atoms with Crippen LogP contribution in [-0.4, -0.2) is 6.67 Å². The SMILES string of the molecule is C/C=C\C1=C(CF)C2(c3ccc4c(c3)C(C)(C)c3ccccc3-4)C/C=C\C=C/C(=C1c1cccc(-c3ccc4ccccc4c3)c1)C2. The van der Waals surface area contributed by atoms with Crippen molar-refractivity contribution in [1.82, 2.24) is 0 Å². The molecule has 0 spiro atoms. The first-order chi connectivity index (χ1) is 22.9. The second kappa shape index (κ2) is 11.4. The van der Waals surface area contributed by atoms with E-state index in [2.05, 4.69) is 159 Å². The lowest BCUT2D eigenvalue weighted by molar-refractivity contribution is 0.425. The molecule has 0 saturated carbocycles. The second-order valence-electron chi connectivity index (χ2n) is 13.8. The fourth-order valence-electron chi connectivity index (χ4n) is 8.47. The van der Waals surface area contributed by atoms with E-state index in [0.717, 1.165) is 40.7 Å². The molecule has 230 valence electrons. The molecule has 0 radical (unpaired) electrons. The summed E-state index contributed by atoms with van der Waals surface area (Å²) >= 11 is 0. The lowest BCUT2D eigenvalue weighted by atomic mass is 9.61. The van der Waals surface area contributed by atoms with Crippen molar-refractivity contribution < 1.29 is 4.39 Å². The molecule has 5 aromatic carbocycles. The number of allylic oxidation sites excluding steroid dienone is 10. The van der Waals surface area contributed by atoms with Crippen LogP contribution >= 0.6 is 0 Å². The zero-order valence-corrected chi connectivity index (χ0v) is 27.4. The van der Waals surface area contributed by atoms with Gasteiger partial charge in [0.1, 0.15) is 6.67 Å². The van der Waals surface area contributed by atoms with Crippen LogP contribution in [0.2, 0.25) is 0 Å².